The zero-order valence-electron chi connectivity index (χ0n) is 26.3. The standard InChI is InChI=1S/C30H48O10P2/c1-9-11-12-15-26-19-28(39-41(8,33)37-24(6)35-22(4)31)30(27-16-13-14-21(3)18-27)29(20-26)40-42(34,17-10-2)38-25(7)36-23(5)32/h18-20,24-25,27H,9-17H2,1-8H3. The van der Waals surface area contributed by atoms with E-state index in [2.05, 4.69) is 13.0 Å². The molecule has 0 spiro atoms. The van der Waals surface area contributed by atoms with Gasteiger partial charge in [0.15, 0.2) is 0 Å². The lowest BCUT2D eigenvalue weighted by atomic mass is 9.84. The van der Waals surface area contributed by atoms with E-state index in [1.165, 1.54) is 39.9 Å². The van der Waals surface area contributed by atoms with Crippen molar-refractivity contribution < 1.29 is 46.3 Å². The van der Waals surface area contributed by atoms with Gasteiger partial charge in [0.05, 0.1) is 12.8 Å². The minimum atomic E-state index is -3.82. The van der Waals surface area contributed by atoms with E-state index >= 15 is 0 Å². The van der Waals surface area contributed by atoms with Crippen LogP contribution in [0.3, 0.4) is 0 Å². The van der Waals surface area contributed by atoms with Crippen LogP contribution in [0.2, 0.25) is 0 Å². The smallest absolute Gasteiger partial charge is 0.382 e. The van der Waals surface area contributed by atoms with Crippen molar-refractivity contribution in [2.75, 3.05) is 12.8 Å². The van der Waals surface area contributed by atoms with Gasteiger partial charge in [0, 0.05) is 25.3 Å². The highest BCUT2D eigenvalue weighted by atomic mass is 31.2. The summed E-state index contributed by atoms with van der Waals surface area (Å²) in [5.74, 6) is -0.736. The van der Waals surface area contributed by atoms with E-state index in [-0.39, 0.29) is 17.8 Å². The number of unbranched alkanes of at least 4 members (excludes halogenated alkanes) is 2. The second-order valence-corrected chi connectivity index (χ2v) is 14.8. The SMILES string of the molecule is CCCCCc1cc(OP(C)(=O)OC(C)OC(C)=O)c(C2C=C(C)CCC2)c(OP(=O)(CCC)OC(C)OC(C)=O)c1. The number of ether oxygens (including phenoxy) is 2. The fourth-order valence-electron chi connectivity index (χ4n) is 4.98. The van der Waals surface area contributed by atoms with Crippen LogP contribution in [0.4, 0.5) is 0 Å². The number of benzene rings is 1. The summed E-state index contributed by atoms with van der Waals surface area (Å²) in [6.45, 7) is 12.8. The topological polar surface area (TPSA) is 124 Å². The van der Waals surface area contributed by atoms with E-state index in [0.29, 0.717) is 24.2 Å². The summed E-state index contributed by atoms with van der Waals surface area (Å²) in [4.78, 5) is 22.9. The number of hydrogen-bond acceptors (Lipinski definition) is 10. The minimum Gasteiger partial charge on any atom is -0.436 e. The molecule has 0 N–H and O–H groups in total. The number of allylic oxidation sites excluding steroid dienone is 2. The van der Waals surface area contributed by atoms with E-state index in [0.717, 1.165) is 44.1 Å². The molecule has 0 saturated heterocycles. The lowest BCUT2D eigenvalue weighted by Crippen LogP contribution is -2.18. The highest BCUT2D eigenvalue weighted by Gasteiger charge is 2.34. The van der Waals surface area contributed by atoms with Gasteiger partial charge in [0.2, 0.25) is 12.6 Å². The summed E-state index contributed by atoms with van der Waals surface area (Å²) < 4.78 is 61.4. The van der Waals surface area contributed by atoms with Gasteiger partial charge in [-0.2, -0.15) is 0 Å². The average Bonchev–Trinajstić information content (AvgIpc) is 2.82. The van der Waals surface area contributed by atoms with Crippen molar-refractivity contribution in [1.29, 1.82) is 0 Å². The molecule has 5 atom stereocenters. The predicted octanol–water partition coefficient (Wildman–Crippen LogP) is 8.67. The molecular weight excluding hydrogens is 582 g/mol. The second kappa shape index (κ2) is 16.7. The lowest BCUT2D eigenvalue weighted by Gasteiger charge is -2.29. The van der Waals surface area contributed by atoms with E-state index < -0.39 is 39.7 Å². The summed E-state index contributed by atoms with van der Waals surface area (Å²) in [7, 11) is -7.62. The van der Waals surface area contributed by atoms with Gasteiger partial charge in [-0.25, -0.2) is 9.13 Å². The molecular formula is C30H48O10P2. The summed E-state index contributed by atoms with van der Waals surface area (Å²) >= 11 is 0. The second-order valence-electron chi connectivity index (χ2n) is 10.8. The molecule has 0 amide bonds. The predicted molar refractivity (Wildman–Crippen MR) is 162 cm³/mol. The van der Waals surface area contributed by atoms with Gasteiger partial charge in [-0.1, -0.05) is 38.3 Å². The summed E-state index contributed by atoms with van der Waals surface area (Å²) in [6, 6.07) is 3.68. The molecule has 0 heterocycles. The lowest BCUT2D eigenvalue weighted by molar-refractivity contribution is -0.160. The van der Waals surface area contributed by atoms with Crippen LogP contribution in [0, 0.1) is 0 Å². The Balaban J connectivity index is 2.67. The number of carbonyl (C=O) groups excluding carboxylic acids is 2. The zero-order chi connectivity index (χ0) is 31.5. The first-order valence-corrected chi connectivity index (χ1v) is 18.5. The third kappa shape index (κ3) is 12.2. The maximum absolute atomic E-state index is 14.1. The Morgan fingerprint density at radius 1 is 0.929 bits per heavy atom. The van der Waals surface area contributed by atoms with Crippen LogP contribution >= 0.6 is 15.2 Å². The summed E-state index contributed by atoms with van der Waals surface area (Å²) in [6.07, 6.45) is 6.75. The first-order chi connectivity index (χ1) is 19.7. The van der Waals surface area contributed by atoms with Crippen LogP contribution in [0.1, 0.15) is 110 Å². The largest absolute Gasteiger partial charge is 0.436 e. The van der Waals surface area contributed by atoms with Crippen molar-refractivity contribution in [2.24, 2.45) is 0 Å². The van der Waals surface area contributed by atoms with Crippen molar-refractivity contribution in [3.05, 3.63) is 34.9 Å². The van der Waals surface area contributed by atoms with E-state index in [1.807, 2.05) is 26.0 Å². The highest BCUT2D eigenvalue weighted by Crippen LogP contribution is 2.56. The van der Waals surface area contributed by atoms with Crippen molar-refractivity contribution in [3.8, 4) is 11.5 Å². The van der Waals surface area contributed by atoms with E-state index in [9.17, 15) is 18.7 Å². The molecule has 238 valence electrons. The van der Waals surface area contributed by atoms with Gasteiger partial charge in [0.25, 0.3) is 0 Å². The van der Waals surface area contributed by atoms with E-state index in [4.69, 9.17) is 27.6 Å². The van der Waals surface area contributed by atoms with Gasteiger partial charge in [-0.15, -0.1) is 0 Å². The van der Waals surface area contributed by atoms with Crippen molar-refractivity contribution in [2.45, 2.75) is 118 Å². The van der Waals surface area contributed by atoms with Crippen LogP contribution in [-0.2, 0) is 43.7 Å². The third-order valence-electron chi connectivity index (χ3n) is 6.49. The average molecular weight is 631 g/mol. The van der Waals surface area contributed by atoms with Crippen LogP contribution in [-0.4, -0.2) is 37.3 Å². The molecule has 10 nitrogen and oxygen atoms in total. The first kappa shape index (κ1) is 36.1. The molecule has 1 aromatic rings. The van der Waals surface area contributed by atoms with Gasteiger partial charge in [0.1, 0.15) is 11.5 Å². The van der Waals surface area contributed by atoms with Crippen LogP contribution in [0.15, 0.2) is 23.8 Å². The van der Waals surface area contributed by atoms with Gasteiger partial charge < -0.3 is 18.5 Å². The Kier molecular flexibility index (Phi) is 14.3. The molecule has 42 heavy (non-hydrogen) atoms. The van der Waals surface area contributed by atoms with Crippen LogP contribution in [0.5, 0.6) is 11.5 Å². The maximum atomic E-state index is 14.1. The molecule has 0 aliphatic heterocycles. The molecule has 0 bridgehead atoms. The van der Waals surface area contributed by atoms with Gasteiger partial charge >= 0.3 is 27.1 Å². The summed E-state index contributed by atoms with van der Waals surface area (Å²) in [5.41, 5.74) is 2.61. The van der Waals surface area contributed by atoms with Crippen LogP contribution in [0.25, 0.3) is 0 Å². The van der Waals surface area contributed by atoms with Crippen LogP contribution < -0.4 is 9.05 Å². The monoisotopic (exact) mass is 630 g/mol. The Morgan fingerprint density at radius 3 is 2.07 bits per heavy atom. The molecule has 0 saturated carbocycles. The number of hydrogen-bond donors (Lipinski definition) is 0. The minimum absolute atomic E-state index is 0.0864. The molecule has 12 heteroatoms. The van der Waals surface area contributed by atoms with Gasteiger partial charge in [-0.05, 0) is 77.0 Å². The molecule has 2 rings (SSSR count). The van der Waals surface area contributed by atoms with Crippen molar-refractivity contribution >= 4 is 27.1 Å². The quantitative estimate of drug-likeness (QED) is 0.0543. The highest BCUT2D eigenvalue weighted by molar-refractivity contribution is 7.54. The molecule has 5 unspecified atom stereocenters. The fourth-order valence-corrected chi connectivity index (χ4v) is 7.85. The molecule has 1 aliphatic carbocycles. The number of carbonyl (C=O) groups is 2. The normalized spacial score (nSPS) is 19.4. The molecule has 1 aromatic carbocycles. The molecule has 0 radical (unpaired) electrons. The zero-order valence-corrected chi connectivity index (χ0v) is 28.1. The summed E-state index contributed by atoms with van der Waals surface area (Å²) in [5, 5.41) is 0. The maximum Gasteiger partial charge on any atom is 0.382 e. The third-order valence-corrected chi connectivity index (χ3v) is 9.78. The van der Waals surface area contributed by atoms with Gasteiger partial charge in [-0.3, -0.25) is 18.6 Å². The van der Waals surface area contributed by atoms with E-state index in [1.54, 1.807) is 0 Å². The Labute approximate surface area is 250 Å². The fraction of sp³-hybridized carbons (Fsp3) is 0.667. The first-order valence-electron chi connectivity index (χ1n) is 14.8. The Morgan fingerprint density at radius 2 is 1.52 bits per heavy atom. The number of esters is 2. The molecule has 1 aliphatic rings. The Hall–Kier alpha value is -2.12. The number of aryl methyl sites for hydroxylation is 1. The Bertz CT molecular complexity index is 1190. The molecule has 0 aromatic heterocycles. The molecule has 0 fully saturated rings. The van der Waals surface area contributed by atoms with Crippen molar-refractivity contribution in [1.82, 2.24) is 0 Å². The number of rotatable bonds is 17. The van der Waals surface area contributed by atoms with Crippen molar-refractivity contribution in [3.63, 3.8) is 0 Å².